The van der Waals surface area contributed by atoms with Crippen molar-refractivity contribution in [2.75, 3.05) is 6.54 Å². The molecule has 1 fully saturated rings. The fourth-order valence-corrected chi connectivity index (χ4v) is 1.97. The normalized spacial score (nSPS) is 17.6. The van der Waals surface area contributed by atoms with E-state index in [2.05, 4.69) is 16.0 Å². The van der Waals surface area contributed by atoms with Gasteiger partial charge in [0.15, 0.2) is 0 Å². The van der Waals surface area contributed by atoms with E-state index in [1.165, 1.54) is 0 Å². The molecule has 1 heterocycles. The van der Waals surface area contributed by atoms with Crippen molar-refractivity contribution in [3.8, 4) is 0 Å². The standard InChI is InChI=1S/C14H17N3O3/c1-9-2-4-10(5-3-9)8-12(18)15-7-6-11-13(19)17-14(20)16-11/h2-5,11H,6-8H2,1H3,(H,15,18)(H2,16,17,19,20). The lowest BCUT2D eigenvalue weighted by molar-refractivity contribution is -0.122. The van der Waals surface area contributed by atoms with Gasteiger partial charge in [-0.05, 0) is 18.9 Å². The number of nitrogens with one attached hydrogen (secondary N) is 3. The predicted octanol–water partition coefficient (Wildman–Crippen LogP) is 0.252. The molecule has 3 N–H and O–H groups in total. The van der Waals surface area contributed by atoms with Crippen molar-refractivity contribution in [1.29, 1.82) is 0 Å². The molecule has 1 saturated heterocycles. The molecule has 0 spiro atoms. The highest BCUT2D eigenvalue weighted by Gasteiger charge is 2.28. The van der Waals surface area contributed by atoms with Gasteiger partial charge in [-0.2, -0.15) is 0 Å². The van der Waals surface area contributed by atoms with Crippen LogP contribution in [0.15, 0.2) is 24.3 Å². The van der Waals surface area contributed by atoms with E-state index < -0.39 is 12.1 Å². The summed E-state index contributed by atoms with van der Waals surface area (Å²) in [5.74, 6) is -0.443. The SMILES string of the molecule is Cc1ccc(CC(=O)NCCC2NC(=O)NC2=O)cc1. The number of hydrogen-bond donors (Lipinski definition) is 3. The van der Waals surface area contributed by atoms with Crippen molar-refractivity contribution >= 4 is 17.8 Å². The Morgan fingerprint density at radius 1 is 1.25 bits per heavy atom. The van der Waals surface area contributed by atoms with Crippen LogP contribution in [0.3, 0.4) is 0 Å². The molecule has 4 amide bonds. The third kappa shape index (κ3) is 3.81. The summed E-state index contributed by atoms with van der Waals surface area (Å²) in [6.07, 6.45) is 0.695. The summed E-state index contributed by atoms with van der Waals surface area (Å²) in [6, 6.07) is 6.72. The number of hydrogen-bond acceptors (Lipinski definition) is 3. The first kappa shape index (κ1) is 14.0. The summed E-state index contributed by atoms with van der Waals surface area (Å²) in [4.78, 5) is 33.9. The number of urea groups is 1. The lowest BCUT2D eigenvalue weighted by atomic mass is 10.1. The monoisotopic (exact) mass is 275 g/mol. The third-order valence-corrected chi connectivity index (χ3v) is 3.10. The molecule has 6 heteroatoms. The first-order valence-electron chi connectivity index (χ1n) is 6.48. The van der Waals surface area contributed by atoms with Crippen LogP contribution in [0.2, 0.25) is 0 Å². The van der Waals surface area contributed by atoms with Crippen molar-refractivity contribution < 1.29 is 14.4 Å². The Hall–Kier alpha value is -2.37. The van der Waals surface area contributed by atoms with Gasteiger partial charge in [-0.3, -0.25) is 14.9 Å². The topological polar surface area (TPSA) is 87.3 Å². The maximum atomic E-state index is 11.7. The van der Waals surface area contributed by atoms with Crippen LogP contribution in [-0.4, -0.2) is 30.4 Å². The maximum absolute atomic E-state index is 11.7. The van der Waals surface area contributed by atoms with Crippen LogP contribution in [0.4, 0.5) is 4.79 Å². The van der Waals surface area contributed by atoms with Crippen molar-refractivity contribution in [3.05, 3.63) is 35.4 Å². The van der Waals surface area contributed by atoms with E-state index in [4.69, 9.17) is 0 Å². The molecule has 1 aliphatic rings. The van der Waals surface area contributed by atoms with Crippen LogP contribution in [0.5, 0.6) is 0 Å². The molecule has 0 radical (unpaired) electrons. The van der Waals surface area contributed by atoms with Crippen LogP contribution >= 0.6 is 0 Å². The highest BCUT2D eigenvalue weighted by molar-refractivity contribution is 6.04. The number of carbonyl (C=O) groups is 3. The van der Waals surface area contributed by atoms with E-state index in [0.717, 1.165) is 11.1 Å². The first-order valence-corrected chi connectivity index (χ1v) is 6.48. The summed E-state index contributed by atoms with van der Waals surface area (Å²) in [7, 11) is 0. The summed E-state index contributed by atoms with van der Waals surface area (Å²) >= 11 is 0. The summed E-state index contributed by atoms with van der Waals surface area (Å²) in [5.41, 5.74) is 2.09. The van der Waals surface area contributed by atoms with Crippen LogP contribution in [0, 0.1) is 6.92 Å². The van der Waals surface area contributed by atoms with Gasteiger partial charge >= 0.3 is 6.03 Å². The average molecular weight is 275 g/mol. The van der Waals surface area contributed by atoms with E-state index >= 15 is 0 Å². The zero-order chi connectivity index (χ0) is 14.5. The molecular formula is C14H17N3O3. The van der Waals surface area contributed by atoms with Crippen molar-refractivity contribution in [1.82, 2.24) is 16.0 Å². The maximum Gasteiger partial charge on any atom is 0.322 e. The van der Waals surface area contributed by atoms with Crippen molar-refractivity contribution in [3.63, 3.8) is 0 Å². The molecule has 20 heavy (non-hydrogen) atoms. The van der Waals surface area contributed by atoms with Gasteiger partial charge < -0.3 is 10.6 Å². The van der Waals surface area contributed by atoms with E-state index in [9.17, 15) is 14.4 Å². The second-order valence-electron chi connectivity index (χ2n) is 4.82. The van der Waals surface area contributed by atoms with Crippen LogP contribution in [0.1, 0.15) is 17.5 Å². The van der Waals surface area contributed by atoms with Gasteiger partial charge in [0.05, 0.1) is 6.42 Å². The Kier molecular flexibility index (Phi) is 4.34. The molecule has 0 aliphatic carbocycles. The van der Waals surface area contributed by atoms with Crippen LogP contribution < -0.4 is 16.0 Å². The van der Waals surface area contributed by atoms with Crippen molar-refractivity contribution in [2.45, 2.75) is 25.8 Å². The minimum atomic E-state index is -0.554. The van der Waals surface area contributed by atoms with Gasteiger partial charge in [0.2, 0.25) is 5.91 Å². The summed E-state index contributed by atoms with van der Waals surface area (Å²) in [5, 5.41) is 7.37. The molecule has 1 aliphatic heterocycles. The Balaban J connectivity index is 1.71. The number of imide groups is 1. The molecule has 0 saturated carbocycles. The molecule has 1 unspecified atom stereocenters. The fraction of sp³-hybridized carbons (Fsp3) is 0.357. The van der Waals surface area contributed by atoms with Gasteiger partial charge in [-0.1, -0.05) is 29.8 Å². The second kappa shape index (κ2) is 6.18. The Morgan fingerprint density at radius 2 is 1.95 bits per heavy atom. The van der Waals surface area contributed by atoms with Gasteiger partial charge in [0.1, 0.15) is 6.04 Å². The number of aryl methyl sites for hydroxylation is 1. The van der Waals surface area contributed by atoms with E-state index in [-0.39, 0.29) is 11.8 Å². The molecule has 1 aromatic rings. The minimum Gasteiger partial charge on any atom is -0.356 e. The molecular weight excluding hydrogens is 258 g/mol. The Bertz CT molecular complexity index is 525. The second-order valence-corrected chi connectivity index (χ2v) is 4.82. The summed E-state index contributed by atoms with van der Waals surface area (Å²) in [6.45, 7) is 2.34. The lowest BCUT2D eigenvalue weighted by Crippen LogP contribution is -2.35. The van der Waals surface area contributed by atoms with Crippen LogP contribution in [-0.2, 0) is 16.0 Å². The molecule has 6 nitrogen and oxygen atoms in total. The quantitative estimate of drug-likeness (QED) is 0.673. The van der Waals surface area contributed by atoms with Crippen LogP contribution in [0.25, 0.3) is 0 Å². The predicted molar refractivity (Wildman–Crippen MR) is 73.0 cm³/mol. The van der Waals surface area contributed by atoms with Crippen molar-refractivity contribution in [2.24, 2.45) is 0 Å². The number of rotatable bonds is 5. The smallest absolute Gasteiger partial charge is 0.322 e. The molecule has 1 atom stereocenters. The van der Waals surface area contributed by atoms with E-state index in [0.29, 0.717) is 19.4 Å². The molecule has 1 aromatic carbocycles. The number of amides is 4. The van der Waals surface area contributed by atoms with Gasteiger partial charge in [0.25, 0.3) is 5.91 Å². The average Bonchev–Trinajstić information content (AvgIpc) is 2.71. The Morgan fingerprint density at radius 3 is 2.55 bits per heavy atom. The van der Waals surface area contributed by atoms with Gasteiger partial charge in [-0.15, -0.1) is 0 Å². The number of benzene rings is 1. The zero-order valence-electron chi connectivity index (χ0n) is 11.2. The first-order chi connectivity index (χ1) is 9.54. The van der Waals surface area contributed by atoms with Gasteiger partial charge in [-0.25, -0.2) is 4.79 Å². The minimum absolute atomic E-state index is 0.0985. The summed E-state index contributed by atoms with van der Waals surface area (Å²) < 4.78 is 0. The Labute approximate surface area is 116 Å². The molecule has 0 bridgehead atoms. The molecule has 106 valence electrons. The highest BCUT2D eigenvalue weighted by Crippen LogP contribution is 2.04. The number of carbonyl (C=O) groups excluding carboxylic acids is 3. The van der Waals surface area contributed by atoms with E-state index in [1.807, 2.05) is 31.2 Å². The van der Waals surface area contributed by atoms with E-state index in [1.54, 1.807) is 0 Å². The largest absolute Gasteiger partial charge is 0.356 e. The molecule has 2 rings (SSSR count). The third-order valence-electron chi connectivity index (χ3n) is 3.10. The lowest BCUT2D eigenvalue weighted by Gasteiger charge is -2.08. The zero-order valence-corrected chi connectivity index (χ0v) is 11.2. The van der Waals surface area contributed by atoms with Gasteiger partial charge in [0, 0.05) is 6.54 Å². The highest BCUT2D eigenvalue weighted by atomic mass is 16.2. The fourth-order valence-electron chi connectivity index (χ4n) is 1.97. The molecule has 0 aromatic heterocycles.